The molecule has 4 aromatic heterocycles. The van der Waals surface area contributed by atoms with Crippen LogP contribution in [0.5, 0.6) is 0 Å². The van der Waals surface area contributed by atoms with Gasteiger partial charge >= 0.3 is 6.18 Å². The number of aromatic nitrogens is 5. The fraction of sp³-hybridized carbons (Fsp3) is 0.158. The standard InChI is InChI=1S/C17H11F3N6.C2H6/c18-17(19,20)10-7-13-15(24-8-10)26(11-4-5-14(21)23-9-11)16(25-13)12-3-1-2-6-22-12;1-2/h1-9H,(H2,21,23);1-2H3. The third-order valence-corrected chi connectivity index (χ3v) is 3.75. The van der Waals surface area contributed by atoms with Crippen LogP contribution in [0.25, 0.3) is 28.4 Å². The lowest BCUT2D eigenvalue weighted by molar-refractivity contribution is -0.137. The molecule has 0 saturated carbocycles. The molecule has 0 aliphatic carbocycles. The van der Waals surface area contributed by atoms with E-state index in [9.17, 15) is 13.2 Å². The highest BCUT2D eigenvalue weighted by atomic mass is 19.4. The summed E-state index contributed by atoms with van der Waals surface area (Å²) in [5, 5.41) is 0. The summed E-state index contributed by atoms with van der Waals surface area (Å²) in [4.78, 5) is 16.6. The predicted molar refractivity (Wildman–Crippen MR) is 101 cm³/mol. The van der Waals surface area contributed by atoms with E-state index in [1.54, 1.807) is 41.1 Å². The third kappa shape index (κ3) is 3.64. The maximum atomic E-state index is 13.0. The Morgan fingerprint density at radius 2 is 1.75 bits per heavy atom. The molecule has 2 N–H and O–H groups in total. The fourth-order valence-corrected chi connectivity index (χ4v) is 2.56. The average Bonchev–Trinajstić information content (AvgIpc) is 3.09. The quantitative estimate of drug-likeness (QED) is 0.548. The number of hydrogen-bond donors (Lipinski definition) is 1. The Morgan fingerprint density at radius 1 is 0.964 bits per heavy atom. The zero-order valence-electron chi connectivity index (χ0n) is 15.1. The minimum atomic E-state index is -4.50. The summed E-state index contributed by atoms with van der Waals surface area (Å²) in [5.74, 6) is 0.684. The van der Waals surface area contributed by atoms with Gasteiger partial charge in [-0.1, -0.05) is 19.9 Å². The minimum absolute atomic E-state index is 0.109. The second-order valence-corrected chi connectivity index (χ2v) is 5.49. The van der Waals surface area contributed by atoms with Crippen LogP contribution < -0.4 is 5.73 Å². The van der Waals surface area contributed by atoms with E-state index in [2.05, 4.69) is 19.9 Å². The van der Waals surface area contributed by atoms with Crippen molar-refractivity contribution < 1.29 is 13.2 Å². The van der Waals surface area contributed by atoms with Gasteiger partial charge in [0.15, 0.2) is 11.5 Å². The van der Waals surface area contributed by atoms with Crippen molar-refractivity contribution >= 4 is 17.0 Å². The molecule has 0 bridgehead atoms. The largest absolute Gasteiger partial charge is 0.417 e. The molecule has 0 aliphatic heterocycles. The van der Waals surface area contributed by atoms with Crippen LogP contribution in [0, 0.1) is 0 Å². The first-order chi connectivity index (χ1) is 13.4. The highest BCUT2D eigenvalue weighted by Crippen LogP contribution is 2.32. The lowest BCUT2D eigenvalue weighted by atomic mass is 10.2. The number of hydrogen-bond acceptors (Lipinski definition) is 5. The summed E-state index contributed by atoms with van der Waals surface area (Å²) in [6.45, 7) is 4.00. The van der Waals surface area contributed by atoms with Crippen LogP contribution in [0.2, 0.25) is 0 Å². The summed E-state index contributed by atoms with van der Waals surface area (Å²) in [6.07, 6.45) is -0.636. The molecule has 0 amide bonds. The van der Waals surface area contributed by atoms with Gasteiger partial charge in [0.2, 0.25) is 0 Å². The second kappa shape index (κ2) is 7.63. The summed E-state index contributed by atoms with van der Waals surface area (Å²) >= 11 is 0. The number of nitrogens with two attached hydrogens (primary N) is 1. The smallest absolute Gasteiger partial charge is 0.384 e. The average molecular weight is 386 g/mol. The van der Waals surface area contributed by atoms with Gasteiger partial charge in [-0.05, 0) is 30.3 Å². The van der Waals surface area contributed by atoms with E-state index in [0.29, 0.717) is 23.0 Å². The van der Waals surface area contributed by atoms with Crippen LogP contribution in [0.3, 0.4) is 0 Å². The van der Waals surface area contributed by atoms with Crippen molar-refractivity contribution in [1.29, 1.82) is 0 Å². The van der Waals surface area contributed by atoms with Crippen LogP contribution in [-0.4, -0.2) is 24.5 Å². The molecule has 6 nitrogen and oxygen atoms in total. The lowest BCUT2D eigenvalue weighted by Crippen LogP contribution is -2.06. The number of rotatable bonds is 2. The van der Waals surface area contributed by atoms with Gasteiger partial charge in [0, 0.05) is 12.4 Å². The molecule has 28 heavy (non-hydrogen) atoms. The zero-order chi connectivity index (χ0) is 20.3. The van der Waals surface area contributed by atoms with Crippen molar-refractivity contribution in [3.63, 3.8) is 0 Å². The van der Waals surface area contributed by atoms with E-state index in [1.165, 1.54) is 6.20 Å². The predicted octanol–water partition coefficient (Wildman–Crippen LogP) is 4.50. The van der Waals surface area contributed by atoms with Crippen molar-refractivity contribution in [3.8, 4) is 17.2 Å². The number of halogens is 3. The van der Waals surface area contributed by atoms with Gasteiger partial charge in [0.1, 0.15) is 17.0 Å². The number of alkyl halides is 3. The van der Waals surface area contributed by atoms with Gasteiger partial charge in [-0.3, -0.25) is 9.55 Å². The van der Waals surface area contributed by atoms with E-state index in [0.717, 1.165) is 12.3 Å². The topological polar surface area (TPSA) is 82.5 Å². The van der Waals surface area contributed by atoms with E-state index in [1.807, 2.05) is 13.8 Å². The molecular weight excluding hydrogens is 369 g/mol. The molecule has 4 aromatic rings. The Balaban J connectivity index is 0.00000109. The number of anilines is 1. The molecule has 0 fully saturated rings. The number of fused-ring (bicyclic) bond motifs is 1. The van der Waals surface area contributed by atoms with Gasteiger partial charge in [0.25, 0.3) is 0 Å². The van der Waals surface area contributed by atoms with Crippen LogP contribution >= 0.6 is 0 Å². The number of imidazole rings is 1. The van der Waals surface area contributed by atoms with Crippen LogP contribution in [-0.2, 0) is 6.18 Å². The van der Waals surface area contributed by atoms with Gasteiger partial charge in [-0.2, -0.15) is 13.2 Å². The van der Waals surface area contributed by atoms with E-state index < -0.39 is 11.7 Å². The Hall–Kier alpha value is -3.49. The van der Waals surface area contributed by atoms with Gasteiger partial charge in [0.05, 0.1) is 17.4 Å². The molecule has 4 heterocycles. The Labute approximate surface area is 158 Å². The molecule has 0 spiro atoms. The molecular formula is C19H17F3N6. The Morgan fingerprint density at radius 3 is 2.36 bits per heavy atom. The van der Waals surface area contributed by atoms with E-state index >= 15 is 0 Å². The first-order valence-corrected chi connectivity index (χ1v) is 8.52. The number of nitrogen functional groups attached to an aromatic ring is 1. The summed E-state index contributed by atoms with van der Waals surface area (Å²) < 4.78 is 40.6. The minimum Gasteiger partial charge on any atom is -0.384 e. The SMILES string of the molecule is CC.Nc1ccc(-n2c(-c3ccccn3)nc3cc(C(F)(F)F)cnc32)cn1. The Kier molecular flexibility index (Phi) is 5.25. The van der Waals surface area contributed by atoms with Gasteiger partial charge < -0.3 is 5.73 Å². The summed E-state index contributed by atoms with van der Waals surface area (Å²) in [7, 11) is 0. The Bertz CT molecular complexity index is 1070. The maximum Gasteiger partial charge on any atom is 0.417 e. The molecule has 0 aliphatic rings. The first kappa shape index (κ1) is 19.3. The van der Waals surface area contributed by atoms with Crippen LogP contribution in [0.4, 0.5) is 19.0 Å². The zero-order valence-corrected chi connectivity index (χ0v) is 15.1. The van der Waals surface area contributed by atoms with Crippen molar-refractivity contribution in [1.82, 2.24) is 24.5 Å². The van der Waals surface area contributed by atoms with E-state index in [-0.39, 0.29) is 11.2 Å². The first-order valence-electron chi connectivity index (χ1n) is 8.52. The van der Waals surface area contributed by atoms with E-state index in [4.69, 9.17) is 5.73 Å². The third-order valence-electron chi connectivity index (χ3n) is 3.75. The summed E-state index contributed by atoms with van der Waals surface area (Å²) in [5.41, 5.74) is 6.20. The van der Waals surface area contributed by atoms with Crippen molar-refractivity contribution in [2.24, 2.45) is 0 Å². The molecule has 4 rings (SSSR count). The molecule has 9 heteroatoms. The summed E-state index contributed by atoms with van der Waals surface area (Å²) in [6, 6.07) is 9.47. The molecule has 0 atom stereocenters. The van der Waals surface area contributed by atoms with Crippen molar-refractivity contribution in [2.45, 2.75) is 20.0 Å². The number of pyridine rings is 3. The monoisotopic (exact) mass is 386 g/mol. The molecule has 0 aromatic carbocycles. The highest BCUT2D eigenvalue weighted by molar-refractivity contribution is 5.79. The maximum absolute atomic E-state index is 13.0. The second-order valence-electron chi connectivity index (χ2n) is 5.49. The van der Waals surface area contributed by atoms with Crippen molar-refractivity contribution in [2.75, 3.05) is 5.73 Å². The number of nitrogens with zero attached hydrogens (tertiary/aromatic N) is 5. The molecule has 0 unspecified atom stereocenters. The fourth-order valence-electron chi connectivity index (χ4n) is 2.56. The van der Waals surface area contributed by atoms with Crippen LogP contribution in [0.1, 0.15) is 19.4 Å². The van der Waals surface area contributed by atoms with Gasteiger partial charge in [-0.25, -0.2) is 15.0 Å². The van der Waals surface area contributed by atoms with Gasteiger partial charge in [-0.15, -0.1) is 0 Å². The molecule has 144 valence electrons. The van der Waals surface area contributed by atoms with Crippen LogP contribution in [0.15, 0.2) is 55.0 Å². The normalized spacial score (nSPS) is 11.2. The highest BCUT2D eigenvalue weighted by Gasteiger charge is 2.32. The molecule has 0 radical (unpaired) electrons. The van der Waals surface area contributed by atoms with Crippen molar-refractivity contribution in [3.05, 3.63) is 60.6 Å². The lowest BCUT2D eigenvalue weighted by Gasteiger charge is -2.09. The molecule has 0 saturated heterocycles.